The lowest BCUT2D eigenvalue weighted by Crippen LogP contribution is -2.48. The van der Waals surface area contributed by atoms with Crippen LogP contribution in [0.2, 0.25) is 0 Å². The van der Waals surface area contributed by atoms with Crippen LogP contribution in [0.25, 0.3) is 0 Å². The maximum Gasteiger partial charge on any atom is 0.328 e. The number of hydrogen-bond acceptors (Lipinski definition) is 5. The summed E-state index contributed by atoms with van der Waals surface area (Å²) in [5.41, 5.74) is 4.00. The molecule has 2 atom stereocenters. The average molecular weight is 430 g/mol. The largest absolute Gasteiger partial charge is 0.464 e. The lowest BCUT2D eigenvalue weighted by molar-refractivity contribution is -0.147. The Bertz CT molecular complexity index is 716. The fraction of sp³-hybridized carbons (Fsp3) is 0.720. The molecule has 1 saturated heterocycles. The number of aromatic nitrogens is 1. The molecule has 1 aliphatic carbocycles. The first kappa shape index (κ1) is 23.7. The maximum absolute atomic E-state index is 12.4. The summed E-state index contributed by atoms with van der Waals surface area (Å²) in [7, 11) is 0. The summed E-state index contributed by atoms with van der Waals surface area (Å²) in [6.07, 6.45) is 13.8. The van der Waals surface area contributed by atoms with Crippen LogP contribution in [0.3, 0.4) is 0 Å². The standard InChI is InChI=1S/C25H39N3O3/c1-2-31-25(30)23(28-24(29)22-15-10-18-26-22)14-7-5-3-4-6-12-20-17-16-19-11-8-9-13-21(19)27-20/h16-17,22-23,26H,2-15,18H2,1H3,(H,28,29)/t22-,23-/m0/s1. The lowest BCUT2D eigenvalue weighted by Gasteiger charge is -2.19. The number of rotatable bonds is 12. The zero-order chi connectivity index (χ0) is 21.9. The highest BCUT2D eigenvalue weighted by Crippen LogP contribution is 2.20. The third-order valence-corrected chi connectivity index (χ3v) is 6.43. The summed E-state index contributed by atoms with van der Waals surface area (Å²) in [6, 6.07) is 3.78. The first-order valence-electron chi connectivity index (χ1n) is 12.4. The van der Waals surface area contributed by atoms with Crippen molar-refractivity contribution in [2.24, 2.45) is 0 Å². The van der Waals surface area contributed by atoms with Gasteiger partial charge in [-0.15, -0.1) is 0 Å². The van der Waals surface area contributed by atoms with Gasteiger partial charge in [-0.1, -0.05) is 31.7 Å². The normalized spacial score (nSPS) is 18.9. The molecule has 0 radical (unpaired) electrons. The van der Waals surface area contributed by atoms with E-state index in [0.717, 1.165) is 57.9 Å². The highest BCUT2D eigenvalue weighted by atomic mass is 16.5. The van der Waals surface area contributed by atoms with Gasteiger partial charge in [-0.25, -0.2) is 4.79 Å². The number of ether oxygens (including phenoxy) is 1. The Labute approximate surface area is 186 Å². The second-order valence-electron chi connectivity index (χ2n) is 8.88. The van der Waals surface area contributed by atoms with E-state index in [-0.39, 0.29) is 17.9 Å². The fourth-order valence-corrected chi connectivity index (χ4v) is 4.62. The zero-order valence-electron chi connectivity index (χ0n) is 19.1. The van der Waals surface area contributed by atoms with E-state index in [2.05, 4.69) is 22.8 Å². The van der Waals surface area contributed by atoms with E-state index in [4.69, 9.17) is 9.72 Å². The van der Waals surface area contributed by atoms with Crippen LogP contribution in [0.5, 0.6) is 0 Å². The number of carbonyl (C=O) groups is 2. The smallest absolute Gasteiger partial charge is 0.328 e. The molecule has 2 N–H and O–H groups in total. The van der Waals surface area contributed by atoms with Crippen LogP contribution < -0.4 is 10.6 Å². The molecule has 1 aromatic rings. The van der Waals surface area contributed by atoms with E-state index in [1.54, 1.807) is 6.92 Å². The molecular weight excluding hydrogens is 390 g/mol. The molecule has 0 spiro atoms. The lowest BCUT2D eigenvalue weighted by atomic mass is 9.95. The Balaban J connectivity index is 1.32. The van der Waals surface area contributed by atoms with E-state index < -0.39 is 6.04 Å². The van der Waals surface area contributed by atoms with Crippen molar-refractivity contribution in [1.82, 2.24) is 15.6 Å². The van der Waals surface area contributed by atoms with E-state index in [1.165, 1.54) is 42.6 Å². The van der Waals surface area contributed by atoms with Crippen LogP contribution in [-0.2, 0) is 33.6 Å². The molecule has 3 rings (SSSR count). The Morgan fingerprint density at radius 3 is 2.74 bits per heavy atom. The SMILES string of the molecule is CCOC(=O)[C@H](CCCCCCCc1ccc2c(n1)CCCC2)NC(=O)[C@@H]1CCCN1. The third kappa shape index (κ3) is 7.60. The Morgan fingerprint density at radius 1 is 1.13 bits per heavy atom. The Kier molecular flexibility index (Phi) is 9.79. The van der Waals surface area contributed by atoms with Crippen molar-refractivity contribution in [2.45, 2.75) is 102 Å². The molecule has 6 nitrogen and oxygen atoms in total. The number of amides is 1. The van der Waals surface area contributed by atoms with Gasteiger partial charge in [0.15, 0.2) is 0 Å². The van der Waals surface area contributed by atoms with Crippen LogP contribution in [0.4, 0.5) is 0 Å². The van der Waals surface area contributed by atoms with Crippen molar-refractivity contribution in [1.29, 1.82) is 0 Å². The van der Waals surface area contributed by atoms with Gasteiger partial charge in [0.25, 0.3) is 0 Å². The molecule has 1 aliphatic heterocycles. The maximum atomic E-state index is 12.4. The highest BCUT2D eigenvalue weighted by Gasteiger charge is 2.27. The van der Waals surface area contributed by atoms with Gasteiger partial charge in [0.2, 0.25) is 5.91 Å². The van der Waals surface area contributed by atoms with Crippen LogP contribution in [0, 0.1) is 0 Å². The van der Waals surface area contributed by atoms with Crippen LogP contribution in [0.1, 0.15) is 88.1 Å². The molecule has 1 aromatic heterocycles. The first-order chi connectivity index (χ1) is 15.2. The first-order valence-corrected chi connectivity index (χ1v) is 12.4. The van der Waals surface area contributed by atoms with Gasteiger partial charge in [-0.2, -0.15) is 0 Å². The second-order valence-corrected chi connectivity index (χ2v) is 8.88. The number of nitrogens with zero attached hydrogens (tertiary/aromatic N) is 1. The van der Waals surface area contributed by atoms with E-state index >= 15 is 0 Å². The van der Waals surface area contributed by atoms with Gasteiger partial charge in [0.1, 0.15) is 6.04 Å². The fourth-order valence-electron chi connectivity index (χ4n) is 4.62. The third-order valence-electron chi connectivity index (χ3n) is 6.43. The van der Waals surface area contributed by atoms with Gasteiger partial charge in [0, 0.05) is 11.4 Å². The van der Waals surface area contributed by atoms with Crippen LogP contribution in [0.15, 0.2) is 12.1 Å². The molecule has 2 heterocycles. The predicted octanol–water partition coefficient (Wildman–Crippen LogP) is 3.64. The molecule has 1 amide bonds. The summed E-state index contributed by atoms with van der Waals surface area (Å²) in [4.78, 5) is 29.5. The van der Waals surface area contributed by atoms with Gasteiger partial charge in [-0.3, -0.25) is 9.78 Å². The minimum absolute atomic E-state index is 0.0758. The number of hydrogen-bond donors (Lipinski definition) is 2. The number of unbranched alkanes of at least 4 members (excludes halogenated alkanes) is 4. The van der Waals surface area contributed by atoms with Gasteiger partial charge in [-0.05, 0) is 82.9 Å². The average Bonchev–Trinajstić information content (AvgIpc) is 3.33. The number of pyridine rings is 1. The number of esters is 1. The minimum atomic E-state index is -0.533. The second kappa shape index (κ2) is 12.8. The van der Waals surface area contributed by atoms with Crippen molar-refractivity contribution < 1.29 is 14.3 Å². The monoisotopic (exact) mass is 429 g/mol. The molecule has 31 heavy (non-hydrogen) atoms. The summed E-state index contributed by atoms with van der Waals surface area (Å²) in [6.45, 7) is 3.00. The van der Waals surface area contributed by atoms with Crippen molar-refractivity contribution in [3.8, 4) is 0 Å². The van der Waals surface area contributed by atoms with Gasteiger partial charge in [0.05, 0.1) is 12.6 Å². The number of aryl methyl sites for hydroxylation is 3. The molecule has 2 aliphatic rings. The van der Waals surface area contributed by atoms with Crippen molar-refractivity contribution in [3.05, 3.63) is 29.1 Å². The van der Waals surface area contributed by atoms with E-state index in [1.807, 2.05) is 0 Å². The molecule has 0 bridgehead atoms. The topological polar surface area (TPSA) is 80.3 Å². The zero-order valence-corrected chi connectivity index (χ0v) is 19.1. The Morgan fingerprint density at radius 2 is 1.94 bits per heavy atom. The van der Waals surface area contributed by atoms with Gasteiger partial charge < -0.3 is 15.4 Å². The molecule has 0 unspecified atom stereocenters. The number of fused-ring (bicyclic) bond motifs is 1. The molecule has 172 valence electrons. The summed E-state index contributed by atoms with van der Waals surface area (Å²) >= 11 is 0. The Hall–Kier alpha value is -1.95. The van der Waals surface area contributed by atoms with Crippen LogP contribution in [-0.4, -0.2) is 42.1 Å². The van der Waals surface area contributed by atoms with E-state index in [0.29, 0.717) is 13.0 Å². The highest BCUT2D eigenvalue weighted by molar-refractivity contribution is 5.87. The minimum Gasteiger partial charge on any atom is -0.464 e. The van der Waals surface area contributed by atoms with Gasteiger partial charge >= 0.3 is 5.97 Å². The van der Waals surface area contributed by atoms with Crippen molar-refractivity contribution in [3.63, 3.8) is 0 Å². The molecular formula is C25H39N3O3. The molecule has 1 fully saturated rings. The summed E-state index contributed by atoms with van der Waals surface area (Å²) in [5, 5.41) is 6.09. The van der Waals surface area contributed by atoms with Crippen molar-refractivity contribution in [2.75, 3.05) is 13.2 Å². The number of nitrogens with one attached hydrogen (secondary N) is 2. The summed E-state index contributed by atoms with van der Waals surface area (Å²) < 4.78 is 5.17. The van der Waals surface area contributed by atoms with Crippen LogP contribution >= 0.6 is 0 Å². The molecule has 0 aromatic carbocycles. The number of carbonyl (C=O) groups excluding carboxylic acids is 2. The quantitative estimate of drug-likeness (QED) is 0.392. The summed E-state index contributed by atoms with van der Waals surface area (Å²) in [5.74, 6) is -0.388. The molecule has 0 saturated carbocycles. The van der Waals surface area contributed by atoms with E-state index in [9.17, 15) is 9.59 Å². The molecule has 6 heteroatoms. The van der Waals surface area contributed by atoms with Crippen molar-refractivity contribution >= 4 is 11.9 Å². The predicted molar refractivity (Wildman–Crippen MR) is 122 cm³/mol.